The molecule has 92 valence electrons. The van der Waals surface area contributed by atoms with Gasteiger partial charge in [-0.1, -0.05) is 6.07 Å². The number of rotatable bonds is 3. The van der Waals surface area contributed by atoms with Crippen molar-refractivity contribution in [2.75, 3.05) is 12.8 Å². The van der Waals surface area contributed by atoms with E-state index in [4.69, 9.17) is 5.73 Å². The molecule has 0 aliphatic carbocycles. The van der Waals surface area contributed by atoms with Gasteiger partial charge in [0.2, 0.25) is 0 Å². The van der Waals surface area contributed by atoms with E-state index >= 15 is 0 Å². The van der Waals surface area contributed by atoms with E-state index in [1.807, 2.05) is 12.1 Å². The Labute approximate surface area is 105 Å². The molecule has 2 N–H and O–H groups in total. The molecule has 0 spiro atoms. The Bertz CT molecular complexity index is 542. The van der Waals surface area contributed by atoms with E-state index in [-0.39, 0.29) is 11.7 Å². The van der Waals surface area contributed by atoms with Crippen molar-refractivity contribution in [3.05, 3.63) is 54.0 Å². The first-order chi connectivity index (χ1) is 8.68. The van der Waals surface area contributed by atoms with E-state index < -0.39 is 0 Å². The first kappa shape index (κ1) is 12.0. The molecule has 0 radical (unpaired) electrons. The summed E-state index contributed by atoms with van der Waals surface area (Å²) in [4.78, 5) is 21.7. The third-order valence-electron chi connectivity index (χ3n) is 2.56. The number of nitrogens with zero attached hydrogens (tertiary/aromatic N) is 3. The number of carbonyl (C=O) groups is 1. The van der Waals surface area contributed by atoms with Crippen LogP contribution in [0.2, 0.25) is 0 Å². The fourth-order valence-electron chi connectivity index (χ4n) is 1.64. The van der Waals surface area contributed by atoms with Gasteiger partial charge in [-0.3, -0.25) is 9.78 Å². The minimum Gasteiger partial charge on any atom is -0.383 e. The average molecular weight is 242 g/mol. The van der Waals surface area contributed by atoms with Crippen LogP contribution in [0.25, 0.3) is 0 Å². The largest absolute Gasteiger partial charge is 0.383 e. The van der Waals surface area contributed by atoms with Gasteiger partial charge in [-0.15, -0.1) is 0 Å². The molecule has 5 nitrogen and oxygen atoms in total. The standard InChI is InChI=1S/C13H14N4O/c1-17(9-10-4-2-6-15-8-10)13(18)11-5-3-7-16-12(11)14/h2-8H,9H2,1H3,(H2,14,16). The van der Waals surface area contributed by atoms with Crippen LogP contribution >= 0.6 is 0 Å². The molecule has 2 rings (SSSR count). The third-order valence-corrected chi connectivity index (χ3v) is 2.56. The van der Waals surface area contributed by atoms with Crippen LogP contribution in [0.5, 0.6) is 0 Å². The number of anilines is 1. The van der Waals surface area contributed by atoms with Crippen LogP contribution in [0.4, 0.5) is 5.82 Å². The lowest BCUT2D eigenvalue weighted by Gasteiger charge is -2.17. The smallest absolute Gasteiger partial charge is 0.257 e. The van der Waals surface area contributed by atoms with Gasteiger partial charge in [0, 0.05) is 32.2 Å². The van der Waals surface area contributed by atoms with E-state index in [2.05, 4.69) is 9.97 Å². The van der Waals surface area contributed by atoms with E-state index in [9.17, 15) is 4.79 Å². The highest BCUT2D eigenvalue weighted by Gasteiger charge is 2.15. The van der Waals surface area contributed by atoms with Crippen LogP contribution < -0.4 is 5.73 Å². The Morgan fingerprint density at radius 3 is 2.78 bits per heavy atom. The van der Waals surface area contributed by atoms with Crippen molar-refractivity contribution < 1.29 is 4.79 Å². The number of carbonyl (C=O) groups excluding carboxylic acids is 1. The summed E-state index contributed by atoms with van der Waals surface area (Å²) in [6.07, 6.45) is 4.99. The van der Waals surface area contributed by atoms with Crippen LogP contribution in [0.3, 0.4) is 0 Å². The highest BCUT2D eigenvalue weighted by molar-refractivity contribution is 5.98. The number of hydrogen-bond donors (Lipinski definition) is 1. The molecule has 0 unspecified atom stereocenters. The molecule has 0 saturated heterocycles. The Balaban J connectivity index is 2.13. The van der Waals surface area contributed by atoms with Crippen molar-refractivity contribution in [2.45, 2.75) is 6.54 Å². The van der Waals surface area contributed by atoms with Crippen molar-refractivity contribution in [2.24, 2.45) is 0 Å². The summed E-state index contributed by atoms with van der Waals surface area (Å²) in [6.45, 7) is 0.487. The number of nitrogen functional groups attached to an aromatic ring is 1. The van der Waals surface area contributed by atoms with Crippen LogP contribution in [0, 0.1) is 0 Å². The van der Waals surface area contributed by atoms with Crippen LogP contribution in [-0.4, -0.2) is 27.8 Å². The molecule has 0 aliphatic rings. The quantitative estimate of drug-likeness (QED) is 0.881. The molecule has 5 heteroatoms. The van der Waals surface area contributed by atoms with Gasteiger partial charge >= 0.3 is 0 Å². The van der Waals surface area contributed by atoms with Crippen molar-refractivity contribution in [3.8, 4) is 0 Å². The lowest BCUT2D eigenvalue weighted by Crippen LogP contribution is -2.27. The summed E-state index contributed by atoms with van der Waals surface area (Å²) in [5, 5.41) is 0. The zero-order valence-electron chi connectivity index (χ0n) is 10.1. The summed E-state index contributed by atoms with van der Waals surface area (Å²) in [5.41, 5.74) is 7.07. The predicted octanol–water partition coefficient (Wildman–Crippen LogP) is 1.33. The summed E-state index contributed by atoms with van der Waals surface area (Å²) >= 11 is 0. The van der Waals surface area contributed by atoms with Gasteiger partial charge in [0.25, 0.3) is 5.91 Å². The van der Waals surface area contributed by atoms with Crippen molar-refractivity contribution in [1.29, 1.82) is 0 Å². The first-order valence-electron chi connectivity index (χ1n) is 5.53. The molecule has 0 aliphatic heterocycles. The van der Waals surface area contributed by atoms with E-state index in [0.717, 1.165) is 5.56 Å². The monoisotopic (exact) mass is 242 g/mol. The zero-order valence-corrected chi connectivity index (χ0v) is 10.1. The molecule has 0 fully saturated rings. The van der Waals surface area contributed by atoms with Gasteiger partial charge in [0.05, 0.1) is 5.56 Å². The number of aromatic nitrogens is 2. The Morgan fingerprint density at radius 1 is 1.33 bits per heavy atom. The normalized spacial score (nSPS) is 10.1. The number of pyridine rings is 2. The van der Waals surface area contributed by atoms with Crippen molar-refractivity contribution in [3.63, 3.8) is 0 Å². The first-order valence-corrected chi connectivity index (χ1v) is 5.53. The number of nitrogens with two attached hydrogens (primary N) is 1. The van der Waals surface area contributed by atoms with Crippen molar-refractivity contribution >= 4 is 11.7 Å². The minimum absolute atomic E-state index is 0.149. The molecule has 2 heterocycles. The van der Waals surface area contributed by atoms with Gasteiger partial charge in [0.1, 0.15) is 5.82 Å². The molecular formula is C13H14N4O. The highest BCUT2D eigenvalue weighted by Crippen LogP contribution is 2.11. The number of amides is 1. The van der Waals surface area contributed by atoms with Gasteiger partial charge in [-0.2, -0.15) is 0 Å². The summed E-state index contributed by atoms with van der Waals surface area (Å²) in [6, 6.07) is 7.13. The predicted molar refractivity (Wildman–Crippen MR) is 68.7 cm³/mol. The van der Waals surface area contributed by atoms with Crippen LogP contribution in [0.15, 0.2) is 42.9 Å². The molecule has 18 heavy (non-hydrogen) atoms. The van der Waals surface area contributed by atoms with Gasteiger partial charge < -0.3 is 10.6 Å². The van der Waals surface area contributed by atoms with Crippen LogP contribution in [-0.2, 0) is 6.54 Å². The minimum atomic E-state index is -0.149. The Kier molecular flexibility index (Phi) is 3.52. The average Bonchev–Trinajstić information content (AvgIpc) is 2.39. The fourth-order valence-corrected chi connectivity index (χ4v) is 1.64. The van der Waals surface area contributed by atoms with Gasteiger partial charge in [-0.05, 0) is 23.8 Å². The van der Waals surface area contributed by atoms with E-state index in [1.54, 1.807) is 42.7 Å². The van der Waals surface area contributed by atoms with Crippen molar-refractivity contribution in [1.82, 2.24) is 14.9 Å². The highest BCUT2D eigenvalue weighted by atomic mass is 16.2. The molecule has 0 aromatic carbocycles. The maximum atomic E-state index is 12.2. The van der Waals surface area contributed by atoms with Gasteiger partial charge in [-0.25, -0.2) is 4.98 Å². The maximum absolute atomic E-state index is 12.2. The summed E-state index contributed by atoms with van der Waals surface area (Å²) in [5.74, 6) is 0.102. The SMILES string of the molecule is CN(Cc1cccnc1)C(=O)c1cccnc1N. The second kappa shape index (κ2) is 5.27. The number of hydrogen-bond acceptors (Lipinski definition) is 4. The Hall–Kier alpha value is -2.43. The summed E-state index contributed by atoms with van der Waals surface area (Å²) in [7, 11) is 1.72. The van der Waals surface area contributed by atoms with E-state index in [1.165, 1.54) is 0 Å². The van der Waals surface area contributed by atoms with Gasteiger partial charge in [0.15, 0.2) is 0 Å². The van der Waals surface area contributed by atoms with Crippen LogP contribution in [0.1, 0.15) is 15.9 Å². The Morgan fingerprint density at radius 2 is 2.11 bits per heavy atom. The van der Waals surface area contributed by atoms with E-state index in [0.29, 0.717) is 12.1 Å². The second-order valence-electron chi connectivity index (χ2n) is 3.96. The molecule has 0 atom stereocenters. The molecule has 1 amide bonds. The fraction of sp³-hybridized carbons (Fsp3) is 0.154. The zero-order chi connectivity index (χ0) is 13.0. The molecule has 2 aromatic rings. The molecule has 0 bridgehead atoms. The lowest BCUT2D eigenvalue weighted by atomic mass is 10.2. The second-order valence-corrected chi connectivity index (χ2v) is 3.96. The molecule has 2 aromatic heterocycles. The maximum Gasteiger partial charge on any atom is 0.257 e. The molecule has 0 saturated carbocycles. The topological polar surface area (TPSA) is 72.1 Å². The third kappa shape index (κ3) is 2.63. The molecular weight excluding hydrogens is 228 g/mol. The lowest BCUT2D eigenvalue weighted by molar-refractivity contribution is 0.0785. The summed E-state index contributed by atoms with van der Waals surface area (Å²) < 4.78 is 0.